The Balaban J connectivity index is 2.87. The zero-order chi connectivity index (χ0) is 12.2. The molecule has 0 amide bonds. The average molecular weight is 239 g/mol. The van der Waals surface area contributed by atoms with Crippen molar-refractivity contribution in [2.45, 2.75) is 24.3 Å². The second kappa shape index (κ2) is 5.10. The van der Waals surface area contributed by atoms with E-state index in [1.165, 1.54) is 12.1 Å². The summed E-state index contributed by atoms with van der Waals surface area (Å²) in [4.78, 5) is 0.176. The molecule has 1 aromatic carbocycles. The molecule has 0 aliphatic rings. The van der Waals surface area contributed by atoms with E-state index in [9.17, 15) is 13.5 Å². The molecule has 1 N–H and O–H groups in total. The summed E-state index contributed by atoms with van der Waals surface area (Å²) >= 11 is 0. The van der Waals surface area contributed by atoms with Gasteiger partial charge in [0.2, 0.25) is 0 Å². The first-order valence-electron chi connectivity index (χ1n) is 4.80. The van der Waals surface area contributed by atoms with Crippen LogP contribution in [0.5, 0.6) is 0 Å². The third-order valence-electron chi connectivity index (χ3n) is 2.12. The van der Waals surface area contributed by atoms with Crippen molar-refractivity contribution in [3.63, 3.8) is 0 Å². The van der Waals surface area contributed by atoms with Gasteiger partial charge in [0.05, 0.1) is 29.2 Å². The van der Waals surface area contributed by atoms with Gasteiger partial charge in [-0.2, -0.15) is 5.26 Å². The third kappa shape index (κ3) is 3.33. The van der Waals surface area contributed by atoms with E-state index in [1.807, 2.05) is 6.92 Å². The van der Waals surface area contributed by atoms with E-state index in [4.69, 9.17) is 5.26 Å². The number of aliphatic hydroxyl groups is 1. The van der Waals surface area contributed by atoms with Crippen LogP contribution in [0.1, 0.15) is 12.0 Å². The highest BCUT2D eigenvalue weighted by Crippen LogP contribution is 2.13. The largest absolute Gasteiger partial charge is 0.391 e. The molecule has 16 heavy (non-hydrogen) atoms. The quantitative estimate of drug-likeness (QED) is 0.851. The zero-order valence-electron chi connectivity index (χ0n) is 8.92. The van der Waals surface area contributed by atoms with E-state index >= 15 is 0 Å². The van der Waals surface area contributed by atoms with Gasteiger partial charge in [0, 0.05) is 0 Å². The summed E-state index contributed by atoms with van der Waals surface area (Å²) in [5.74, 6) is -0.413. The van der Waals surface area contributed by atoms with Crippen molar-refractivity contribution in [2.24, 2.45) is 0 Å². The number of rotatable bonds is 4. The van der Waals surface area contributed by atoms with Crippen LogP contribution in [0.3, 0.4) is 0 Å². The van der Waals surface area contributed by atoms with Gasteiger partial charge >= 0.3 is 0 Å². The first kappa shape index (κ1) is 12.7. The Labute approximate surface area is 95.1 Å². The van der Waals surface area contributed by atoms with Crippen molar-refractivity contribution < 1.29 is 13.5 Å². The van der Waals surface area contributed by atoms with Gasteiger partial charge in [-0.25, -0.2) is 8.42 Å². The minimum absolute atomic E-state index is 0.176. The molecule has 0 aliphatic carbocycles. The molecule has 0 bridgehead atoms. The van der Waals surface area contributed by atoms with E-state index in [0.29, 0.717) is 0 Å². The van der Waals surface area contributed by atoms with Crippen molar-refractivity contribution in [2.75, 3.05) is 5.75 Å². The van der Waals surface area contributed by atoms with Crippen LogP contribution < -0.4 is 0 Å². The van der Waals surface area contributed by atoms with Crippen LogP contribution in [0.4, 0.5) is 0 Å². The predicted molar refractivity (Wildman–Crippen MR) is 59.5 cm³/mol. The molecule has 1 rings (SSSR count). The zero-order valence-corrected chi connectivity index (χ0v) is 9.74. The molecule has 0 spiro atoms. The van der Waals surface area contributed by atoms with Crippen LogP contribution in [-0.2, 0) is 9.84 Å². The van der Waals surface area contributed by atoms with Crippen LogP contribution in [0, 0.1) is 18.3 Å². The molecule has 0 aromatic heterocycles. The van der Waals surface area contributed by atoms with Gasteiger partial charge in [0.25, 0.3) is 0 Å². The molecule has 4 nitrogen and oxygen atoms in total. The lowest BCUT2D eigenvalue weighted by atomic mass is 10.2. The van der Waals surface area contributed by atoms with Crippen molar-refractivity contribution in [1.29, 1.82) is 5.26 Å². The predicted octanol–water partition coefficient (Wildman–Crippen LogP) is 1.04. The van der Waals surface area contributed by atoms with Crippen molar-refractivity contribution in [3.05, 3.63) is 29.8 Å². The van der Waals surface area contributed by atoms with Gasteiger partial charge < -0.3 is 5.11 Å². The lowest BCUT2D eigenvalue weighted by molar-refractivity contribution is 0.202. The average Bonchev–Trinajstić information content (AvgIpc) is 2.17. The molecule has 0 fully saturated rings. The molecule has 0 heterocycles. The highest BCUT2D eigenvalue weighted by Gasteiger charge is 2.19. The minimum Gasteiger partial charge on any atom is -0.391 e. The summed E-state index contributed by atoms with van der Waals surface area (Å²) in [5, 5.41) is 17.6. The Kier molecular flexibility index (Phi) is 4.05. The van der Waals surface area contributed by atoms with Crippen LogP contribution in [-0.4, -0.2) is 25.4 Å². The fourth-order valence-electron chi connectivity index (χ4n) is 1.26. The number of benzene rings is 1. The maximum Gasteiger partial charge on any atom is 0.180 e. The van der Waals surface area contributed by atoms with Gasteiger partial charge in [-0.1, -0.05) is 17.7 Å². The Morgan fingerprint density at radius 3 is 2.44 bits per heavy atom. The van der Waals surface area contributed by atoms with Crippen molar-refractivity contribution >= 4 is 9.84 Å². The van der Waals surface area contributed by atoms with E-state index in [0.717, 1.165) is 5.56 Å². The highest BCUT2D eigenvalue weighted by molar-refractivity contribution is 7.91. The van der Waals surface area contributed by atoms with Crippen molar-refractivity contribution in [1.82, 2.24) is 0 Å². The minimum atomic E-state index is -3.50. The fraction of sp³-hybridized carbons (Fsp3) is 0.364. The van der Waals surface area contributed by atoms with Crippen LogP contribution in [0.15, 0.2) is 29.2 Å². The monoisotopic (exact) mass is 239 g/mol. The van der Waals surface area contributed by atoms with Crippen LogP contribution in [0.25, 0.3) is 0 Å². The van der Waals surface area contributed by atoms with Gasteiger partial charge in [-0.15, -0.1) is 0 Å². The molecule has 1 atom stereocenters. The van der Waals surface area contributed by atoms with Crippen LogP contribution in [0.2, 0.25) is 0 Å². The SMILES string of the molecule is Cc1ccc(S(=O)(=O)CC(O)CC#N)cc1. The van der Waals surface area contributed by atoms with Gasteiger partial charge in [0.1, 0.15) is 0 Å². The second-order valence-electron chi connectivity index (χ2n) is 3.61. The third-order valence-corrected chi connectivity index (χ3v) is 3.93. The highest BCUT2D eigenvalue weighted by atomic mass is 32.2. The molecule has 5 heteroatoms. The first-order chi connectivity index (χ1) is 7.45. The first-order valence-corrected chi connectivity index (χ1v) is 6.45. The number of hydrogen-bond donors (Lipinski definition) is 1. The van der Waals surface area contributed by atoms with Crippen molar-refractivity contribution in [3.8, 4) is 6.07 Å². The van der Waals surface area contributed by atoms with Gasteiger partial charge in [0.15, 0.2) is 9.84 Å². The Bertz CT molecular complexity index is 485. The Morgan fingerprint density at radius 2 is 1.94 bits per heavy atom. The number of hydrogen-bond acceptors (Lipinski definition) is 4. The number of aliphatic hydroxyl groups excluding tert-OH is 1. The molecular weight excluding hydrogens is 226 g/mol. The number of sulfone groups is 1. The van der Waals surface area contributed by atoms with E-state index in [2.05, 4.69) is 0 Å². The lowest BCUT2D eigenvalue weighted by Crippen LogP contribution is -2.20. The smallest absolute Gasteiger partial charge is 0.180 e. The van der Waals surface area contributed by atoms with Gasteiger partial charge in [-0.05, 0) is 19.1 Å². The molecule has 1 unspecified atom stereocenters. The number of aryl methyl sites for hydroxylation is 1. The summed E-state index contributed by atoms with van der Waals surface area (Å²) in [7, 11) is -3.50. The standard InChI is InChI=1S/C11H13NO3S/c1-9-2-4-11(5-3-9)16(14,15)8-10(13)6-7-12/h2-5,10,13H,6,8H2,1H3. The molecular formula is C11H13NO3S. The molecule has 0 radical (unpaired) electrons. The second-order valence-corrected chi connectivity index (χ2v) is 5.64. The van der Waals surface area contributed by atoms with Gasteiger partial charge in [-0.3, -0.25) is 0 Å². The molecule has 1 aromatic rings. The molecule has 86 valence electrons. The molecule has 0 saturated heterocycles. The van der Waals surface area contributed by atoms with E-state index in [1.54, 1.807) is 18.2 Å². The summed E-state index contributed by atoms with van der Waals surface area (Å²) in [6, 6.07) is 8.14. The van der Waals surface area contributed by atoms with Crippen LogP contribution >= 0.6 is 0 Å². The summed E-state index contributed by atoms with van der Waals surface area (Å²) in [6.45, 7) is 1.86. The number of nitrogens with zero attached hydrogens (tertiary/aromatic N) is 1. The maximum atomic E-state index is 11.8. The summed E-state index contributed by atoms with van der Waals surface area (Å²) < 4.78 is 23.5. The summed E-state index contributed by atoms with van der Waals surface area (Å²) in [5.41, 5.74) is 0.969. The Hall–Kier alpha value is -1.38. The molecule has 0 saturated carbocycles. The normalized spacial score (nSPS) is 13.1. The van der Waals surface area contributed by atoms with E-state index < -0.39 is 21.7 Å². The Morgan fingerprint density at radius 1 is 1.38 bits per heavy atom. The lowest BCUT2D eigenvalue weighted by Gasteiger charge is -2.08. The van der Waals surface area contributed by atoms with E-state index in [-0.39, 0.29) is 11.3 Å². The number of nitriles is 1. The maximum absolute atomic E-state index is 11.8. The summed E-state index contributed by atoms with van der Waals surface area (Å²) in [6.07, 6.45) is -1.30. The molecule has 0 aliphatic heterocycles. The fourth-order valence-corrected chi connectivity index (χ4v) is 2.63. The topological polar surface area (TPSA) is 78.2 Å².